The average molecular weight is 343 g/mol. The fourth-order valence-electron chi connectivity index (χ4n) is 3.71. The minimum atomic E-state index is 1.16. The van der Waals surface area contributed by atoms with Crippen molar-refractivity contribution < 1.29 is 0 Å². The molecule has 0 aliphatic heterocycles. The van der Waals surface area contributed by atoms with Gasteiger partial charge in [0.05, 0.1) is 0 Å². The molecule has 2 nitrogen and oxygen atoms in total. The van der Waals surface area contributed by atoms with Crippen LogP contribution in [0.15, 0.2) is 30.5 Å². The number of unbranched alkanes of at least 4 members (excludes halogenated alkanes) is 7. The van der Waals surface area contributed by atoms with Gasteiger partial charge in [0.25, 0.3) is 0 Å². The molecule has 0 saturated carbocycles. The molecule has 0 spiro atoms. The predicted molar refractivity (Wildman–Crippen MR) is 111 cm³/mol. The van der Waals surface area contributed by atoms with Crippen LogP contribution in [0.5, 0.6) is 0 Å². The highest BCUT2D eigenvalue weighted by Gasteiger charge is 2.08. The monoisotopic (exact) mass is 342 g/mol. The summed E-state index contributed by atoms with van der Waals surface area (Å²) in [6, 6.07) is 8.94. The number of nitrogens with zero attached hydrogens (tertiary/aromatic N) is 2. The summed E-state index contributed by atoms with van der Waals surface area (Å²) >= 11 is 0. The average Bonchev–Trinajstić information content (AvgIpc) is 2.95. The number of rotatable bonds is 13. The molecule has 0 unspecified atom stereocenters. The number of aromatic nitrogens is 1. The number of para-hydroxylation sites is 1. The Kier molecular flexibility index (Phi) is 9.10. The topological polar surface area (TPSA) is 8.17 Å². The van der Waals surface area contributed by atoms with Gasteiger partial charge in [0.2, 0.25) is 0 Å². The molecule has 0 atom stereocenters. The largest absolute Gasteiger partial charge is 0.347 e. The fraction of sp³-hybridized carbons (Fsp3) is 0.652. The molecule has 1 heterocycles. The van der Waals surface area contributed by atoms with Crippen LogP contribution in [0, 0.1) is 0 Å². The summed E-state index contributed by atoms with van der Waals surface area (Å²) in [6.07, 6.45) is 15.9. The van der Waals surface area contributed by atoms with Crippen molar-refractivity contribution in [1.29, 1.82) is 0 Å². The van der Waals surface area contributed by atoms with Crippen LogP contribution in [-0.4, -0.2) is 30.1 Å². The Labute approximate surface area is 155 Å². The molecule has 0 N–H and O–H groups in total. The van der Waals surface area contributed by atoms with Gasteiger partial charge in [0.15, 0.2) is 0 Å². The van der Waals surface area contributed by atoms with E-state index >= 15 is 0 Å². The van der Waals surface area contributed by atoms with Crippen LogP contribution in [0.4, 0.5) is 0 Å². The van der Waals surface area contributed by atoms with E-state index in [1.54, 1.807) is 0 Å². The van der Waals surface area contributed by atoms with Crippen molar-refractivity contribution in [3.63, 3.8) is 0 Å². The first kappa shape index (κ1) is 20.0. The van der Waals surface area contributed by atoms with E-state index in [1.807, 2.05) is 0 Å². The van der Waals surface area contributed by atoms with Crippen LogP contribution in [0.1, 0.15) is 70.3 Å². The van der Waals surface area contributed by atoms with E-state index in [-0.39, 0.29) is 0 Å². The van der Waals surface area contributed by atoms with Gasteiger partial charge in [-0.1, -0.05) is 70.1 Å². The molecule has 2 aromatic rings. The molecule has 25 heavy (non-hydrogen) atoms. The molecular weight excluding hydrogens is 304 g/mol. The first-order valence-electron chi connectivity index (χ1n) is 10.4. The second-order valence-corrected chi connectivity index (χ2v) is 7.75. The maximum Gasteiger partial charge on any atom is 0.0483 e. The molecule has 0 aliphatic carbocycles. The Morgan fingerprint density at radius 1 is 0.840 bits per heavy atom. The van der Waals surface area contributed by atoms with E-state index in [2.05, 4.69) is 60.9 Å². The molecule has 0 bridgehead atoms. The quantitative estimate of drug-likeness (QED) is 0.389. The summed E-state index contributed by atoms with van der Waals surface area (Å²) in [6.45, 7) is 4.62. The molecule has 0 aliphatic rings. The Bertz CT molecular complexity index is 597. The lowest BCUT2D eigenvalue weighted by molar-refractivity contribution is 0.400. The zero-order valence-electron chi connectivity index (χ0n) is 16.8. The van der Waals surface area contributed by atoms with Crippen LogP contribution in [0.25, 0.3) is 10.9 Å². The minimum Gasteiger partial charge on any atom is -0.347 e. The third-order valence-electron chi connectivity index (χ3n) is 5.18. The van der Waals surface area contributed by atoms with Gasteiger partial charge in [-0.25, -0.2) is 0 Å². The van der Waals surface area contributed by atoms with E-state index in [0.29, 0.717) is 0 Å². The van der Waals surface area contributed by atoms with Crippen LogP contribution >= 0.6 is 0 Å². The van der Waals surface area contributed by atoms with Crippen LogP contribution < -0.4 is 0 Å². The zero-order valence-corrected chi connectivity index (χ0v) is 16.8. The normalized spacial score (nSPS) is 11.7. The molecule has 0 amide bonds. The zero-order chi connectivity index (χ0) is 17.9. The summed E-state index contributed by atoms with van der Waals surface area (Å²) < 4.78 is 2.50. The SMILES string of the molecule is CCCCCCCCCCn1cc(CCCN(C)C)c2ccccc21. The second kappa shape index (κ2) is 11.4. The van der Waals surface area contributed by atoms with Gasteiger partial charge in [-0.05, 0) is 51.5 Å². The Balaban J connectivity index is 1.82. The molecule has 0 saturated heterocycles. The number of hydrogen-bond acceptors (Lipinski definition) is 1. The van der Waals surface area contributed by atoms with Crippen molar-refractivity contribution in [2.24, 2.45) is 0 Å². The van der Waals surface area contributed by atoms with Crippen molar-refractivity contribution >= 4 is 10.9 Å². The van der Waals surface area contributed by atoms with Crippen LogP contribution in [0.2, 0.25) is 0 Å². The molecule has 1 aromatic carbocycles. The summed E-state index contributed by atoms with van der Waals surface area (Å²) in [7, 11) is 4.32. The lowest BCUT2D eigenvalue weighted by atomic mass is 10.1. The van der Waals surface area contributed by atoms with Crippen molar-refractivity contribution in [2.45, 2.75) is 77.7 Å². The van der Waals surface area contributed by atoms with E-state index in [4.69, 9.17) is 0 Å². The number of benzene rings is 1. The summed E-state index contributed by atoms with van der Waals surface area (Å²) in [5.41, 5.74) is 2.95. The van der Waals surface area contributed by atoms with Crippen molar-refractivity contribution in [3.8, 4) is 0 Å². The standard InChI is InChI=1S/C23H38N2/c1-4-5-6-7-8-9-10-13-19-25-20-21(15-14-18-24(2)3)22-16-11-12-17-23(22)25/h11-12,16-17,20H,4-10,13-15,18-19H2,1-3H3. The molecule has 0 radical (unpaired) electrons. The number of aryl methyl sites for hydroxylation is 2. The molecule has 0 fully saturated rings. The van der Waals surface area contributed by atoms with Gasteiger partial charge in [0, 0.05) is 23.6 Å². The lowest BCUT2D eigenvalue weighted by Gasteiger charge is -2.08. The van der Waals surface area contributed by atoms with Gasteiger partial charge in [0.1, 0.15) is 0 Å². The van der Waals surface area contributed by atoms with E-state index in [9.17, 15) is 0 Å². The Morgan fingerprint density at radius 3 is 2.24 bits per heavy atom. The second-order valence-electron chi connectivity index (χ2n) is 7.75. The first-order valence-corrected chi connectivity index (χ1v) is 10.4. The van der Waals surface area contributed by atoms with Gasteiger partial charge in [-0.3, -0.25) is 0 Å². The number of hydrogen-bond donors (Lipinski definition) is 0. The van der Waals surface area contributed by atoms with Crippen molar-refractivity contribution in [3.05, 3.63) is 36.0 Å². The maximum absolute atomic E-state index is 2.50. The molecular formula is C23H38N2. The van der Waals surface area contributed by atoms with Gasteiger partial charge in [-0.15, -0.1) is 0 Å². The lowest BCUT2D eigenvalue weighted by Crippen LogP contribution is -2.13. The third-order valence-corrected chi connectivity index (χ3v) is 5.18. The first-order chi connectivity index (χ1) is 12.2. The van der Waals surface area contributed by atoms with E-state index in [0.717, 1.165) is 6.54 Å². The highest BCUT2D eigenvalue weighted by Crippen LogP contribution is 2.23. The number of fused-ring (bicyclic) bond motifs is 1. The van der Waals surface area contributed by atoms with Crippen molar-refractivity contribution in [1.82, 2.24) is 9.47 Å². The van der Waals surface area contributed by atoms with Gasteiger partial charge >= 0.3 is 0 Å². The fourth-order valence-corrected chi connectivity index (χ4v) is 3.71. The van der Waals surface area contributed by atoms with Crippen LogP contribution in [0.3, 0.4) is 0 Å². The molecule has 140 valence electrons. The highest BCUT2D eigenvalue weighted by molar-refractivity contribution is 5.83. The predicted octanol–water partition coefficient (Wildman–Crippen LogP) is 6.28. The highest BCUT2D eigenvalue weighted by atomic mass is 15.0. The smallest absolute Gasteiger partial charge is 0.0483 e. The third kappa shape index (κ3) is 6.86. The van der Waals surface area contributed by atoms with Gasteiger partial charge in [-0.2, -0.15) is 0 Å². The minimum absolute atomic E-state index is 1.16. The summed E-state index contributed by atoms with van der Waals surface area (Å²) in [5, 5.41) is 1.46. The Morgan fingerprint density at radius 2 is 1.52 bits per heavy atom. The summed E-state index contributed by atoms with van der Waals surface area (Å²) in [5.74, 6) is 0. The maximum atomic E-state index is 2.50. The molecule has 2 rings (SSSR count). The molecule has 1 aromatic heterocycles. The molecule has 2 heteroatoms. The van der Waals surface area contributed by atoms with E-state index < -0.39 is 0 Å². The van der Waals surface area contributed by atoms with E-state index in [1.165, 1.54) is 87.2 Å². The summed E-state index contributed by atoms with van der Waals surface area (Å²) in [4.78, 5) is 2.28. The van der Waals surface area contributed by atoms with Crippen LogP contribution in [-0.2, 0) is 13.0 Å². The Hall–Kier alpha value is -1.28. The van der Waals surface area contributed by atoms with Gasteiger partial charge < -0.3 is 9.47 Å². The van der Waals surface area contributed by atoms with Crippen molar-refractivity contribution in [2.75, 3.05) is 20.6 Å².